The number of thioether (sulfide) groups is 1. The Kier molecular flexibility index (Phi) is 5.95. The first-order chi connectivity index (χ1) is 14.6. The first-order valence-electron chi connectivity index (χ1n) is 9.36. The normalized spacial score (nSPS) is 15.1. The monoisotopic (exact) mass is 419 g/mol. The topological polar surface area (TPSA) is 46.6 Å². The Labute approximate surface area is 178 Å². The van der Waals surface area contributed by atoms with Crippen LogP contribution in [0, 0.1) is 5.82 Å². The average molecular weight is 419 g/mol. The molecule has 3 aromatic carbocycles. The van der Waals surface area contributed by atoms with Gasteiger partial charge >= 0.3 is 0 Å². The number of ether oxygens (including phenoxy) is 1. The molecule has 2 amide bonds. The molecule has 0 bridgehead atoms. The Morgan fingerprint density at radius 3 is 2.33 bits per heavy atom. The van der Waals surface area contributed by atoms with Gasteiger partial charge in [0.25, 0.3) is 11.1 Å². The molecule has 0 aromatic heterocycles. The molecule has 0 radical (unpaired) electrons. The average Bonchev–Trinajstić information content (AvgIpc) is 3.03. The van der Waals surface area contributed by atoms with Crippen molar-refractivity contribution in [2.24, 2.45) is 0 Å². The van der Waals surface area contributed by atoms with Crippen molar-refractivity contribution < 1.29 is 18.7 Å². The van der Waals surface area contributed by atoms with Crippen molar-refractivity contribution in [3.05, 3.63) is 106 Å². The van der Waals surface area contributed by atoms with Crippen molar-refractivity contribution in [3.63, 3.8) is 0 Å². The molecule has 1 aliphatic rings. The molecule has 3 aromatic rings. The number of benzene rings is 3. The summed E-state index contributed by atoms with van der Waals surface area (Å²) in [5.74, 6) is -0.145. The number of amides is 2. The number of carbonyl (C=O) groups is 2. The highest BCUT2D eigenvalue weighted by atomic mass is 32.2. The van der Waals surface area contributed by atoms with E-state index in [1.165, 1.54) is 6.07 Å². The first-order valence-corrected chi connectivity index (χ1v) is 10.2. The smallest absolute Gasteiger partial charge is 0.293 e. The van der Waals surface area contributed by atoms with Crippen LogP contribution in [0.3, 0.4) is 0 Å². The van der Waals surface area contributed by atoms with Crippen molar-refractivity contribution >= 4 is 29.0 Å². The maximum Gasteiger partial charge on any atom is 0.293 e. The van der Waals surface area contributed by atoms with E-state index in [1.807, 2.05) is 54.6 Å². The van der Waals surface area contributed by atoms with E-state index < -0.39 is 17.0 Å². The van der Waals surface area contributed by atoms with E-state index in [-0.39, 0.29) is 6.54 Å². The van der Waals surface area contributed by atoms with Gasteiger partial charge in [-0.1, -0.05) is 60.7 Å². The predicted octanol–water partition coefficient (Wildman–Crippen LogP) is 5.64. The van der Waals surface area contributed by atoms with Crippen LogP contribution in [0.5, 0.6) is 5.75 Å². The van der Waals surface area contributed by atoms with E-state index in [1.54, 1.807) is 24.3 Å². The zero-order valence-corrected chi connectivity index (χ0v) is 16.8. The van der Waals surface area contributed by atoms with Crippen molar-refractivity contribution in [1.82, 2.24) is 4.90 Å². The van der Waals surface area contributed by atoms with Gasteiger partial charge in [-0.05, 0) is 47.2 Å². The van der Waals surface area contributed by atoms with Gasteiger partial charge in [0.15, 0.2) is 0 Å². The molecule has 0 saturated carbocycles. The largest absolute Gasteiger partial charge is 0.489 e. The quantitative estimate of drug-likeness (QED) is 0.485. The van der Waals surface area contributed by atoms with Gasteiger partial charge in [0.2, 0.25) is 0 Å². The highest BCUT2D eigenvalue weighted by Crippen LogP contribution is 2.33. The highest BCUT2D eigenvalue weighted by molar-refractivity contribution is 8.18. The van der Waals surface area contributed by atoms with E-state index in [9.17, 15) is 14.0 Å². The van der Waals surface area contributed by atoms with Gasteiger partial charge in [-0.3, -0.25) is 14.5 Å². The second kappa shape index (κ2) is 8.97. The summed E-state index contributed by atoms with van der Waals surface area (Å²) in [5, 5.41) is -0.405. The van der Waals surface area contributed by atoms with E-state index in [0.29, 0.717) is 22.8 Å². The molecule has 1 fully saturated rings. The van der Waals surface area contributed by atoms with Crippen molar-refractivity contribution in [2.75, 3.05) is 0 Å². The summed E-state index contributed by atoms with van der Waals surface area (Å²) in [6.45, 7) is 0.385. The van der Waals surface area contributed by atoms with Gasteiger partial charge in [-0.15, -0.1) is 0 Å². The van der Waals surface area contributed by atoms with Crippen LogP contribution >= 0.6 is 11.8 Å². The lowest BCUT2D eigenvalue weighted by atomic mass is 10.2. The summed E-state index contributed by atoms with van der Waals surface area (Å²) in [5.41, 5.74) is 2.16. The Morgan fingerprint density at radius 1 is 0.900 bits per heavy atom. The molecule has 4 nitrogen and oxygen atoms in total. The number of rotatable bonds is 6. The zero-order valence-electron chi connectivity index (χ0n) is 16.0. The Bertz CT molecular complexity index is 1100. The van der Waals surface area contributed by atoms with Crippen molar-refractivity contribution in [1.29, 1.82) is 0 Å². The molecule has 150 valence electrons. The molecule has 30 heavy (non-hydrogen) atoms. The van der Waals surface area contributed by atoms with Crippen LogP contribution in [0.4, 0.5) is 9.18 Å². The molecule has 1 aliphatic heterocycles. The summed E-state index contributed by atoms with van der Waals surface area (Å²) < 4.78 is 19.6. The lowest BCUT2D eigenvalue weighted by Gasteiger charge is -2.12. The molecule has 1 heterocycles. The van der Waals surface area contributed by atoms with E-state index >= 15 is 0 Å². The molecule has 0 spiro atoms. The first kappa shape index (κ1) is 19.9. The van der Waals surface area contributed by atoms with Gasteiger partial charge < -0.3 is 4.74 Å². The minimum Gasteiger partial charge on any atom is -0.489 e. The molecule has 0 atom stereocenters. The molecule has 0 N–H and O–H groups in total. The maximum absolute atomic E-state index is 13.9. The fraction of sp³-hybridized carbons (Fsp3) is 0.0833. The molecule has 0 aliphatic carbocycles. The van der Waals surface area contributed by atoms with Crippen LogP contribution in [0.2, 0.25) is 0 Å². The SMILES string of the molecule is O=C1S/C(=C/c2ccc(OCc3ccccc3)cc2)C(=O)N1Cc1ccccc1F. The number of imide groups is 1. The lowest BCUT2D eigenvalue weighted by molar-refractivity contribution is -0.123. The fourth-order valence-corrected chi connectivity index (χ4v) is 3.82. The zero-order chi connectivity index (χ0) is 20.9. The van der Waals surface area contributed by atoms with E-state index in [4.69, 9.17) is 4.74 Å². The van der Waals surface area contributed by atoms with Gasteiger partial charge in [0.1, 0.15) is 18.2 Å². The Morgan fingerprint density at radius 2 is 1.60 bits per heavy atom. The lowest BCUT2D eigenvalue weighted by Crippen LogP contribution is -2.27. The van der Waals surface area contributed by atoms with Gasteiger partial charge in [0, 0.05) is 5.56 Å². The Hall–Kier alpha value is -3.38. The van der Waals surface area contributed by atoms with Crippen molar-refractivity contribution in [3.8, 4) is 5.75 Å². The van der Waals surface area contributed by atoms with Crippen LogP contribution in [0.15, 0.2) is 83.8 Å². The fourth-order valence-electron chi connectivity index (χ4n) is 2.99. The van der Waals surface area contributed by atoms with Crippen LogP contribution < -0.4 is 4.74 Å². The van der Waals surface area contributed by atoms with Gasteiger partial charge in [-0.25, -0.2) is 4.39 Å². The van der Waals surface area contributed by atoms with Crippen molar-refractivity contribution in [2.45, 2.75) is 13.2 Å². The van der Waals surface area contributed by atoms with E-state index in [0.717, 1.165) is 27.8 Å². The van der Waals surface area contributed by atoms with Gasteiger partial charge in [0.05, 0.1) is 11.4 Å². The summed E-state index contributed by atoms with van der Waals surface area (Å²) in [7, 11) is 0. The predicted molar refractivity (Wildman–Crippen MR) is 115 cm³/mol. The molecular weight excluding hydrogens is 401 g/mol. The number of hydrogen-bond donors (Lipinski definition) is 0. The third-order valence-corrected chi connectivity index (χ3v) is 5.49. The van der Waals surface area contributed by atoms with Crippen LogP contribution in [0.1, 0.15) is 16.7 Å². The number of hydrogen-bond acceptors (Lipinski definition) is 4. The molecular formula is C24H18FNO3S. The molecule has 6 heteroatoms. The molecule has 4 rings (SSSR count). The minimum absolute atomic E-state index is 0.0824. The van der Waals surface area contributed by atoms with Crippen LogP contribution in [-0.4, -0.2) is 16.0 Å². The highest BCUT2D eigenvalue weighted by Gasteiger charge is 2.35. The number of nitrogens with zero attached hydrogens (tertiary/aromatic N) is 1. The number of carbonyl (C=O) groups excluding carboxylic acids is 2. The van der Waals surface area contributed by atoms with Crippen LogP contribution in [-0.2, 0) is 17.9 Å². The maximum atomic E-state index is 13.9. The van der Waals surface area contributed by atoms with Crippen LogP contribution in [0.25, 0.3) is 6.08 Å². The number of halogens is 1. The molecule has 0 unspecified atom stereocenters. The second-order valence-corrected chi connectivity index (χ2v) is 7.70. The summed E-state index contributed by atoms with van der Waals surface area (Å²) in [6, 6.07) is 23.3. The standard InChI is InChI=1S/C24H18FNO3S/c25-21-9-5-4-8-19(21)15-26-23(27)22(30-24(26)28)14-17-10-12-20(13-11-17)29-16-18-6-2-1-3-7-18/h1-14H,15-16H2/b22-14+. The Balaban J connectivity index is 1.42. The summed E-state index contributed by atoms with van der Waals surface area (Å²) in [4.78, 5) is 26.3. The van der Waals surface area contributed by atoms with E-state index in [2.05, 4.69) is 0 Å². The second-order valence-electron chi connectivity index (χ2n) is 6.70. The summed E-state index contributed by atoms with van der Waals surface area (Å²) in [6.07, 6.45) is 1.66. The summed E-state index contributed by atoms with van der Waals surface area (Å²) >= 11 is 0.858. The third-order valence-electron chi connectivity index (χ3n) is 4.59. The minimum atomic E-state index is -0.438. The third kappa shape index (κ3) is 4.60. The van der Waals surface area contributed by atoms with Gasteiger partial charge in [-0.2, -0.15) is 0 Å². The molecule has 1 saturated heterocycles.